The van der Waals surface area contributed by atoms with Crippen molar-refractivity contribution in [3.05, 3.63) is 47.9 Å². The molecule has 1 aromatic carbocycles. The predicted octanol–water partition coefficient (Wildman–Crippen LogP) is 4.01. The molecule has 0 aliphatic heterocycles. The molecule has 0 fully saturated rings. The Morgan fingerprint density at radius 1 is 1.28 bits per heavy atom. The third kappa shape index (κ3) is 2.96. The van der Waals surface area contributed by atoms with Gasteiger partial charge in [0.05, 0.1) is 17.4 Å². The summed E-state index contributed by atoms with van der Waals surface area (Å²) in [6.45, 7) is 0. The molecule has 1 aliphatic rings. The molecule has 2 N–H and O–H groups in total. The second-order valence-electron chi connectivity index (χ2n) is 4.01. The molecule has 94 valence electrons. The molecule has 2 rings (SSSR count). The number of rotatable bonds is 3. The van der Waals surface area contributed by atoms with Crippen LogP contribution in [0.25, 0.3) is 0 Å². The summed E-state index contributed by atoms with van der Waals surface area (Å²) in [4.78, 5) is 5.49. The van der Waals surface area contributed by atoms with E-state index in [0.717, 1.165) is 10.6 Å². The molecular formula is C14H15NO2S. The van der Waals surface area contributed by atoms with Gasteiger partial charge in [-0.25, -0.2) is 0 Å². The molecule has 0 saturated carbocycles. The lowest BCUT2D eigenvalue weighted by Crippen LogP contribution is -2.10. The Bertz CT molecular complexity index is 520. The van der Waals surface area contributed by atoms with Crippen LogP contribution in [0.4, 0.5) is 5.69 Å². The van der Waals surface area contributed by atoms with Crippen molar-refractivity contribution in [2.24, 2.45) is 10.9 Å². The smallest absolute Gasteiger partial charge is 0.101 e. The van der Waals surface area contributed by atoms with Gasteiger partial charge < -0.3 is 10.2 Å². The Morgan fingerprint density at radius 3 is 2.83 bits per heavy atom. The fourth-order valence-corrected chi connectivity index (χ4v) is 2.28. The van der Waals surface area contributed by atoms with E-state index in [1.807, 2.05) is 30.5 Å². The molecule has 3 nitrogen and oxygen atoms in total. The van der Waals surface area contributed by atoms with Crippen LogP contribution in [0.1, 0.15) is 6.42 Å². The Balaban J connectivity index is 2.16. The van der Waals surface area contributed by atoms with Crippen molar-refractivity contribution >= 4 is 23.7 Å². The van der Waals surface area contributed by atoms with E-state index in [2.05, 4.69) is 4.99 Å². The number of aliphatic hydroxyl groups excluding tert-OH is 2. The first-order valence-electron chi connectivity index (χ1n) is 5.66. The largest absolute Gasteiger partial charge is 0.512 e. The highest BCUT2D eigenvalue weighted by Gasteiger charge is 2.16. The summed E-state index contributed by atoms with van der Waals surface area (Å²) in [6.07, 6.45) is 7.10. The second kappa shape index (κ2) is 5.78. The Kier molecular flexibility index (Phi) is 4.10. The van der Waals surface area contributed by atoms with Gasteiger partial charge in [0.2, 0.25) is 0 Å². The Morgan fingerprint density at radius 2 is 2.06 bits per heavy atom. The fraction of sp³-hybridized carbons (Fsp3) is 0.214. The number of aliphatic hydroxyl groups is 2. The van der Waals surface area contributed by atoms with Crippen LogP contribution in [0.3, 0.4) is 0 Å². The van der Waals surface area contributed by atoms with Gasteiger partial charge in [-0.2, -0.15) is 0 Å². The van der Waals surface area contributed by atoms with Gasteiger partial charge in [-0.05, 0) is 30.5 Å². The van der Waals surface area contributed by atoms with Crippen molar-refractivity contribution in [2.45, 2.75) is 11.3 Å². The van der Waals surface area contributed by atoms with Crippen molar-refractivity contribution < 1.29 is 10.2 Å². The van der Waals surface area contributed by atoms with Crippen molar-refractivity contribution in [2.75, 3.05) is 6.26 Å². The summed E-state index contributed by atoms with van der Waals surface area (Å²) in [5, 5.41) is 19.1. The number of para-hydroxylation sites is 1. The molecule has 1 aromatic rings. The van der Waals surface area contributed by atoms with E-state index in [1.165, 1.54) is 12.2 Å². The lowest BCUT2D eigenvalue weighted by molar-refractivity contribution is 0.321. The maximum atomic E-state index is 9.70. The number of thioether (sulfide) groups is 1. The van der Waals surface area contributed by atoms with Gasteiger partial charge in [-0.3, -0.25) is 4.99 Å². The highest BCUT2D eigenvalue weighted by Crippen LogP contribution is 2.28. The summed E-state index contributed by atoms with van der Waals surface area (Å²) in [7, 11) is 0. The third-order valence-corrected chi connectivity index (χ3v) is 3.52. The number of allylic oxidation sites excluding steroid dienone is 4. The standard InChI is InChI=1S/C14H15NO2S/c1-18-14-5-3-2-4-12(14)15-9-10-8-11(16)6-7-13(10)17/h2-7,9-10,16-17H,8H2,1H3. The van der Waals surface area contributed by atoms with Crippen LogP contribution in [0.5, 0.6) is 0 Å². The second-order valence-corrected chi connectivity index (χ2v) is 4.86. The van der Waals surface area contributed by atoms with Crippen molar-refractivity contribution in [3.8, 4) is 0 Å². The van der Waals surface area contributed by atoms with Gasteiger partial charge in [0.25, 0.3) is 0 Å². The summed E-state index contributed by atoms with van der Waals surface area (Å²) in [5.74, 6) is 0.255. The van der Waals surface area contributed by atoms with Crippen LogP contribution in [-0.2, 0) is 0 Å². The average molecular weight is 261 g/mol. The molecule has 18 heavy (non-hydrogen) atoms. The first-order valence-corrected chi connectivity index (χ1v) is 6.89. The molecule has 0 spiro atoms. The van der Waals surface area contributed by atoms with Crippen LogP contribution < -0.4 is 0 Å². The maximum absolute atomic E-state index is 9.70. The van der Waals surface area contributed by atoms with Gasteiger partial charge >= 0.3 is 0 Å². The normalized spacial score (nSPS) is 19.7. The minimum absolute atomic E-state index is 0.234. The average Bonchev–Trinajstić information content (AvgIpc) is 2.40. The van der Waals surface area contributed by atoms with Crippen molar-refractivity contribution in [3.63, 3.8) is 0 Å². The molecule has 0 amide bonds. The van der Waals surface area contributed by atoms with Gasteiger partial charge in [-0.1, -0.05) is 12.1 Å². The fourth-order valence-electron chi connectivity index (χ4n) is 1.74. The van der Waals surface area contributed by atoms with Crippen LogP contribution >= 0.6 is 11.8 Å². The topological polar surface area (TPSA) is 52.8 Å². The minimum atomic E-state index is -0.245. The molecule has 1 atom stereocenters. The van der Waals surface area contributed by atoms with Crippen LogP contribution in [-0.4, -0.2) is 22.7 Å². The number of nitrogens with zero attached hydrogens (tertiary/aromatic N) is 1. The van der Waals surface area contributed by atoms with Crippen molar-refractivity contribution in [1.82, 2.24) is 0 Å². The van der Waals surface area contributed by atoms with Crippen LogP contribution in [0.15, 0.2) is 57.8 Å². The SMILES string of the molecule is CSc1ccccc1N=CC1CC(O)=CC=C1O. The highest BCUT2D eigenvalue weighted by molar-refractivity contribution is 7.98. The zero-order valence-electron chi connectivity index (χ0n) is 10.1. The van der Waals surface area contributed by atoms with Gasteiger partial charge in [-0.15, -0.1) is 11.8 Å². The Hall–Kier alpha value is -1.68. The molecule has 0 radical (unpaired) electrons. The minimum Gasteiger partial charge on any atom is -0.512 e. The van der Waals surface area contributed by atoms with E-state index in [-0.39, 0.29) is 17.4 Å². The number of hydrogen-bond donors (Lipinski definition) is 2. The highest BCUT2D eigenvalue weighted by atomic mass is 32.2. The van der Waals surface area contributed by atoms with E-state index < -0.39 is 0 Å². The maximum Gasteiger partial charge on any atom is 0.101 e. The summed E-state index contributed by atoms with van der Waals surface area (Å²) in [5.41, 5.74) is 0.881. The number of hydrogen-bond acceptors (Lipinski definition) is 4. The van der Waals surface area contributed by atoms with Gasteiger partial charge in [0.15, 0.2) is 0 Å². The molecule has 0 aromatic heterocycles. The monoisotopic (exact) mass is 261 g/mol. The van der Waals surface area contributed by atoms with E-state index in [9.17, 15) is 10.2 Å². The van der Waals surface area contributed by atoms with Gasteiger partial charge in [0, 0.05) is 17.5 Å². The summed E-state index contributed by atoms with van der Waals surface area (Å²) in [6, 6.07) is 7.84. The summed E-state index contributed by atoms with van der Waals surface area (Å²) < 4.78 is 0. The van der Waals surface area contributed by atoms with E-state index in [4.69, 9.17) is 0 Å². The molecule has 4 heteroatoms. The first-order chi connectivity index (χ1) is 8.70. The number of benzene rings is 1. The van der Waals surface area contributed by atoms with Gasteiger partial charge in [0.1, 0.15) is 5.76 Å². The van der Waals surface area contributed by atoms with Crippen LogP contribution in [0, 0.1) is 5.92 Å². The molecule has 1 unspecified atom stereocenters. The lowest BCUT2D eigenvalue weighted by atomic mass is 9.98. The van der Waals surface area contributed by atoms with E-state index in [1.54, 1.807) is 18.0 Å². The predicted molar refractivity (Wildman–Crippen MR) is 75.9 cm³/mol. The zero-order valence-corrected chi connectivity index (χ0v) is 10.9. The molecule has 0 heterocycles. The van der Waals surface area contributed by atoms with Crippen LogP contribution in [0.2, 0.25) is 0 Å². The summed E-state index contributed by atoms with van der Waals surface area (Å²) >= 11 is 1.63. The molecular weight excluding hydrogens is 246 g/mol. The molecule has 0 bridgehead atoms. The van der Waals surface area contributed by atoms with E-state index >= 15 is 0 Å². The third-order valence-electron chi connectivity index (χ3n) is 2.73. The molecule has 0 saturated heterocycles. The molecule has 1 aliphatic carbocycles. The number of aliphatic imine (C=N–C) groups is 1. The lowest BCUT2D eigenvalue weighted by Gasteiger charge is -2.14. The van der Waals surface area contributed by atoms with E-state index in [0.29, 0.717) is 6.42 Å². The Labute approximate surface area is 111 Å². The zero-order chi connectivity index (χ0) is 13.0. The van der Waals surface area contributed by atoms with Crippen molar-refractivity contribution in [1.29, 1.82) is 0 Å². The quantitative estimate of drug-likeness (QED) is 0.638. The first kappa shape index (κ1) is 12.8.